The number of hydrogen-bond acceptors (Lipinski definition) is 6. The minimum absolute atomic E-state index is 0.176. The molecule has 21 heavy (non-hydrogen) atoms. The molecule has 3 rings (SSSR count). The second-order valence-corrected chi connectivity index (χ2v) is 5.45. The summed E-state index contributed by atoms with van der Waals surface area (Å²) in [4.78, 5) is 0. The summed E-state index contributed by atoms with van der Waals surface area (Å²) in [5.41, 5.74) is 7.27. The van der Waals surface area contributed by atoms with Gasteiger partial charge in [0.25, 0.3) is 0 Å². The van der Waals surface area contributed by atoms with Crippen molar-refractivity contribution in [3.8, 4) is 17.1 Å². The summed E-state index contributed by atoms with van der Waals surface area (Å²) < 4.78 is 12.7. The molecule has 2 heterocycles. The van der Waals surface area contributed by atoms with Crippen molar-refractivity contribution < 1.29 is 9.47 Å². The molecule has 7 nitrogen and oxygen atoms in total. The zero-order valence-corrected chi connectivity index (χ0v) is 12.2. The van der Waals surface area contributed by atoms with Gasteiger partial charge in [-0.1, -0.05) is 6.07 Å². The minimum Gasteiger partial charge on any atom is -0.496 e. The Bertz CT molecular complexity index is 634. The molecular formula is C14H19N5O2. The number of methoxy groups -OCH3 is 1. The van der Waals surface area contributed by atoms with Crippen LogP contribution in [-0.2, 0) is 10.3 Å². The fraction of sp³-hybridized carbons (Fsp3) is 0.500. The topological polar surface area (TPSA) is 88.1 Å². The van der Waals surface area contributed by atoms with Crippen molar-refractivity contribution in [2.75, 3.05) is 26.1 Å². The van der Waals surface area contributed by atoms with E-state index in [2.05, 4.69) is 22.4 Å². The number of anilines is 1. The first kappa shape index (κ1) is 13.8. The van der Waals surface area contributed by atoms with Crippen molar-refractivity contribution in [3.05, 3.63) is 18.2 Å². The van der Waals surface area contributed by atoms with E-state index in [4.69, 9.17) is 15.2 Å². The highest BCUT2D eigenvalue weighted by atomic mass is 16.5. The van der Waals surface area contributed by atoms with Gasteiger partial charge in [-0.2, -0.15) is 0 Å². The number of benzene rings is 1. The second-order valence-electron chi connectivity index (χ2n) is 5.45. The van der Waals surface area contributed by atoms with Crippen molar-refractivity contribution in [3.63, 3.8) is 0 Å². The summed E-state index contributed by atoms with van der Waals surface area (Å²) in [7, 11) is 1.61. The number of tetrazole rings is 1. The van der Waals surface area contributed by atoms with E-state index < -0.39 is 0 Å². The second kappa shape index (κ2) is 5.33. The molecule has 0 spiro atoms. The highest BCUT2D eigenvalue weighted by Crippen LogP contribution is 2.37. The van der Waals surface area contributed by atoms with Gasteiger partial charge >= 0.3 is 0 Å². The van der Waals surface area contributed by atoms with Crippen LogP contribution in [0.4, 0.5) is 5.69 Å². The summed E-state index contributed by atoms with van der Waals surface area (Å²) in [6.45, 7) is 3.55. The molecule has 1 fully saturated rings. The summed E-state index contributed by atoms with van der Waals surface area (Å²) in [6, 6.07) is 5.53. The molecule has 2 aromatic rings. The van der Waals surface area contributed by atoms with E-state index >= 15 is 0 Å². The highest BCUT2D eigenvalue weighted by Gasteiger charge is 2.34. The van der Waals surface area contributed by atoms with E-state index in [0.717, 1.165) is 18.4 Å². The Hall–Kier alpha value is -2.15. The fourth-order valence-corrected chi connectivity index (χ4v) is 2.69. The molecule has 0 unspecified atom stereocenters. The van der Waals surface area contributed by atoms with Gasteiger partial charge in [-0.25, -0.2) is 4.68 Å². The first-order valence-electron chi connectivity index (χ1n) is 6.95. The predicted octanol–water partition coefficient (Wildman–Crippen LogP) is 1.46. The van der Waals surface area contributed by atoms with Crippen LogP contribution in [0, 0.1) is 0 Å². The summed E-state index contributed by atoms with van der Waals surface area (Å²) in [5, 5.41) is 12.2. The van der Waals surface area contributed by atoms with Gasteiger partial charge in [0.05, 0.1) is 18.2 Å². The highest BCUT2D eigenvalue weighted by molar-refractivity contribution is 5.77. The Morgan fingerprint density at radius 2 is 2.10 bits per heavy atom. The van der Waals surface area contributed by atoms with Gasteiger partial charge in [0, 0.05) is 18.9 Å². The van der Waals surface area contributed by atoms with Gasteiger partial charge in [0.1, 0.15) is 5.75 Å². The van der Waals surface area contributed by atoms with Gasteiger partial charge in [-0.15, -0.1) is 5.10 Å². The predicted molar refractivity (Wildman–Crippen MR) is 77.9 cm³/mol. The third-order valence-corrected chi connectivity index (χ3v) is 4.05. The molecule has 1 aromatic heterocycles. The average Bonchev–Trinajstić information content (AvgIpc) is 2.97. The van der Waals surface area contributed by atoms with Crippen molar-refractivity contribution in [2.24, 2.45) is 0 Å². The van der Waals surface area contributed by atoms with Crippen LogP contribution in [0.2, 0.25) is 0 Å². The molecule has 7 heteroatoms. The summed E-state index contributed by atoms with van der Waals surface area (Å²) in [5.74, 6) is 1.30. The molecule has 0 amide bonds. The fourth-order valence-electron chi connectivity index (χ4n) is 2.69. The molecular weight excluding hydrogens is 270 g/mol. The van der Waals surface area contributed by atoms with Crippen molar-refractivity contribution in [1.29, 1.82) is 0 Å². The number of aromatic nitrogens is 4. The van der Waals surface area contributed by atoms with Crippen molar-refractivity contribution in [2.45, 2.75) is 25.3 Å². The molecule has 112 valence electrons. The lowest BCUT2D eigenvalue weighted by Crippen LogP contribution is -2.38. The molecule has 1 aromatic carbocycles. The number of nitrogen functional groups attached to an aromatic ring is 1. The Morgan fingerprint density at radius 1 is 1.33 bits per heavy atom. The standard InChI is InChI=1S/C14H19N5O2/c1-14(6-8-21-9-7-14)19-13(16-17-18-19)12-10(15)4-3-5-11(12)20-2/h3-5H,6-9,15H2,1-2H3. The number of nitrogens with two attached hydrogens (primary N) is 1. The third kappa shape index (κ3) is 2.33. The molecule has 1 aliphatic rings. The van der Waals surface area contributed by atoms with Crippen LogP contribution in [0.25, 0.3) is 11.4 Å². The summed E-state index contributed by atoms with van der Waals surface area (Å²) in [6.07, 6.45) is 1.72. The molecule has 0 bridgehead atoms. The van der Waals surface area contributed by atoms with E-state index in [1.54, 1.807) is 7.11 Å². The maximum absolute atomic E-state index is 6.12. The van der Waals surface area contributed by atoms with Crippen molar-refractivity contribution in [1.82, 2.24) is 20.2 Å². The van der Waals surface area contributed by atoms with Crippen LogP contribution < -0.4 is 10.5 Å². The van der Waals surface area contributed by atoms with E-state index in [9.17, 15) is 0 Å². The molecule has 0 saturated carbocycles. The van der Waals surface area contributed by atoms with Gasteiger partial charge in [-0.3, -0.25) is 0 Å². The van der Waals surface area contributed by atoms with Gasteiger partial charge in [0.2, 0.25) is 0 Å². The van der Waals surface area contributed by atoms with E-state index in [-0.39, 0.29) is 5.54 Å². The first-order valence-corrected chi connectivity index (χ1v) is 6.95. The Morgan fingerprint density at radius 3 is 2.81 bits per heavy atom. The summed E-state index contributed by atoms with van der Waals surface area (Å²) >= 11 is 0. The largest absolute Gasteiger partial charge is 0.496 e. The molecule has 1 aliphatic heterocycles. The molecule has 1 saturated heterocycles. The van der Waals surface area contributed by atoms with Crippen molar-refractivity contribution >= 4 is 5.69 Å². The van der Waals surface area contributed by atoms with Crippen LogP contribution in [0.1, 0.15) is 19.8 Å². The lowest BCUT2D eigenvalue weighted by atomic mass is 9.92. The zero-order chi connectivity index (χ0) is 14.9. The first-order chi connectivity index (χ1) is 10.2. The Labute approximate surface area is 123 Å². The minimum atomic E-state index is -0.176. The molecule has 0 atom stereocenters. The zero-order valence-electron chi connectivity index (χ0n) is 12.2. The quantitative estimate of drug-likeness (QED) is 0.861. The lowest BCUT2D eigenvalue weighted by molar-refractivity contribution is 0.0240. The van der Waals surface area contributed by atoms with E-state index in [0.29, 0.717) is 30.5 Å². The number of hydrogen-bond donors (Lipinski definition) is 1. The maximum Gasteiger partial charge on any atom is 0.188 e. The maximum atomic E-state index is 6.12. The van der Waals surface area contributed by atoms with Crippen LogP contribution in [0.5, 0.6) is 5.75 Å². The number of ether oxygens (including phenoxy) is 2. The molecule has 0 aliphatic carbocycles. The smallest absolute Gasteiger partial charge is 0.188 e. The average molecular weight is 289 g/mol. The van der Waals surface area contributed by atoms with Gasteiger partial charge < -0.3 is 15.2 Å². The van der Waals surface area contributed by atoms with E-state index in [1.807, 2.05) is 22.9 Å². The van der Waals surface area contributed by atoms with Crippen LogP contribution in [0.15, 0.2) is 18.2 Å². The normalized spacial score (nSPS) is 17.6. The Kier molecular flexibility index (Phi) is 3.50. The number of rotatable bonds is 3. The third-order valence-electron chi connectivity index (χ3n) is 4.05. The SMILES string of the molecule is COc1cccc(N)c1-c1nnnn1C1(C)CCOCC1. The van der Waals surface area contributed by atoms with E-state index in [1.165, 1.54) is 0 Å². The lowest BCUT2D eigenvalue weighted by Gasteiger charge is -2.34. The van der Waals surface area contributed by atoms with Crippen LogP contribution >= 0.6 is 0 Å². The van der Waals surface area contributed by atoms with Crippen LogP contribution in [0.3, 0.4) is 0 Å². The van der Waals surface area contributed by atoms with Gasteiger partial charge in [0.15, 0.2) is 5.82 Å². The Balaban J connectivity index is 2.11. The molecule has 2 N–H and O–H groups in total. The number of nitrogens with zero attached hydrogens (tertiary/aromatic N) is 4. The van der Waals surface area contributed by atoms with Gasteiger partial charge in [-0.05, 0) is 42.3 Å². The molecule has 0 radical (unpaired) electrons. The monoisotopic (exact) mass is 289 g/mol. The van der Waals surface area contributed by atoms with Crippen LogP contribution in [-0.4, -0.2) is 40.5 Å².